The molecule has 0 bridgehead atoms. The first-order chi connectivity index (χ1) is 15.2. The fourth-order valence-electron chi connectivity index (χ4n) is 5.04. The second-order valence-electron chi connectivity index (χ2n) is 8.48. The maximum Gasteiger partial charge on any atom is 0.234 e. The summed E-state index contributed by atoms with van der Waals surface area (Å²) in [6.45, 7) is 3.13. The summed E-state index contributed by atoms with van der Waals surface area (Å²) in [5.74, 6) is 1.28. The number of benzene rings is 2. The predicted molar refractivity (Wildman–Crippen MR) is 116 cm³/mol. The van der Waals surface area contributed by atoms with Crippen LogP contribution in [0.15, 0.2) is 48.5 Å². The van der Waals surface area contributed by atoms with Crippen LogP contribution in [-0.4, -0.2) is 59.7 Å². The van der Waals surface area contributed by atoms with E-state index < -0.39 is 0 Å². The molecule has 1 aromatic heterocycles. The van der Waals surface area contributed by atoms with Crippen LogP contribution in [-0.2, 0) is 16.0 Å². The summed E-state index contributed by atoms with van der Waals surface area (Å²) in [5.41, 5.74) is 3.08. The van der Waals surface area contributed by atoms with Crippen LogP contribution in [0.1, 0.15) is 23.7 Å². The van der Waals surface area contributed by atoms with Gasteiger partial charge < -0.3 is 15.0 Å². The highest BCUT2D eigenvalue weighted by Crippen LogP contribution is 2.40. The van der Waals surface area contributed by atoms with E-state index in [0.717, 1.165) is 42.0 Å². The van der Waals surface area contributed by atoms with Gasteiger partial charge in [0.1, 0.15) is 11.6 Å². The molecular formula is C24H27FN4O2. The maximum atomic E-state index is 13.4. The highest BCUT2D eigenvalue weighted by Gasteiger charge is 2.44. The van der Waals surface area contributed by atoms with Gasteiger partial charge in [0.05, 0.1) is 24.2 Å². The number of H-pyrrole nitrogens is 1. The smallest absolute Gasteiger partial charge is 0.234 e. The molecule has 2 aliphatic heterocycles. The van der Waals surface area contributed by atoms with Gasteiger partial charge in [0, 0.05) is 44.0 Å². The third kappa shape index (κ3) is 4.34. The lowest BCUT2D eigenvalue weighted by molar-refractivity contribution is -0.122. The van der Waals surface area contributed by atoms with Crippen LogP contribution in [0.2, 0.25) is 0 Å². The fourth-order valence-corrected chi connectivity index (χ4v) is 5.04. The summed E-state index contributed by atoms with van der Waals surface area (Å²) in [6.07, 6.45) is 1.59. The van der Waals surface area contributed by atoms with Gasteiger partial charge >= 0.3 is 0 Å². The lowest BCUT2D eigenvalue weighted by atomic mass is 9.84. The van der Waals surface area contributed by atoms with E-state index in [4.69, 9.17) is 4.74 Å². The van der Waals surface area contributed by atoms with Crippen LogP contribution in [0.3, 0.4) is 0 Å². The van der Waals surface area contributed by atoms with Gasteiger partial charge in [-0.3, -0.25) is 9.69 Å². The molecule has 0 radical (unpaired) electrons. The topological polar surface area (TPSA) is 70.2 Å². The molecule has 6 nitrogen and oxygen atoms in total. The largest absolute Gasteiger partial charge is 0.381 e. The van der Waals surface area contributed by atoms with Gasteiger partial charge in [0.15, 0.2) is 0 Å². The van der Waals surface area contributed by atoms with Crippen molar-refractivity contribution in [1.82, 2.24) is 20.2 Å². The Morgan fingerprint density at radius 3 is 2.90 bits per heavy atom. The molecule has 2 N–H and O–H groups in total. The van der Waals surface area contributed by atoms with Gasteiger partial charge in [0.25, 0.3) is 0 Å². The van der Waals surface area contributed by atoms with E-state index in [-0.39, 0.29) is 17.6 Å². The molecule has 2 aromatic carbocycles. The van der Waals surface area contributed by atoms with Crippen LogP contribution in [0.4, 0.5) is 4.39 Å². The van der Waals surface area contributed by atoms with E-state index in [1.54, 1.807) is 0 Å². The van der Waals surface area contributed by atoms with E-state index in [1.165, 1.54) is 12.1 Å². The first kappa shape index (κ1) is 20.2. The molecule has 31 heavy (non-hydrogen) atoms. The van der Waals surface area contributed by atoms with Crippen molar-refractivity contribution in [2.45, 2.75) is 24.8 Å². The standard InChI is InChI=1S/C24H27FN4O2/c25-17-7-5-16(6-8-17)18-13-29(22-10-12-31-15-19(18)22)14-24(30)26-11-9-23-27-20-3-1-2-4-21(20)28-23/h1-8,18-19,22H,9-15H2,(H,26,30)(H,27,28)/t18-,19-,22-/m1/s1. The van der Waals surface area contributed by atoms with Gasteiger partial charge in [-0.15, -0.1) is 0 Å². The minimum atomic E-state index is -0.223. The Balaban J connectivity index is 1.18. The van der Waals surface area contributed by atoms with Crippen LogP contribution in [0, 0.1) is 11.7 Å². The fraction of sp³-hybridized carbons (Fsp3) is 0.417. The van der Waals surface area contributed by atoms with Crippen molar-refractivity contribution in [3.05, 3.63) is 65.7 Å². The van der Waals surface area contributed by atoms with Crippen molar-refractivity contribution in [2.75, 3.05) is 32.8 Å². The van der Waals surface area contributed by atoms with Crippen molar-refractivity contribution in [1.29, 1.82) is 0 Å². The zero-order chi connectivity index (χ0) is 21.2. The summed E-state index contributed by atoms with van der Waals surface area (Å²) in [4.78, 5) is 22.8. The Morgan fingerprint density at radius 1 is 1.23 bits per heavy atom. The Bertz CT molecular complexity index is 1020. The number of fused-ring (bicyclic) bond motifs is 2. The second-order valence-corrected chi connectivity index (χ2v) is 8.48. The summed E-state index contributed by atoms with van der Waals surface area (Å²) < 4.78 is 19.1. The van der Waals surface area contributed by atoms with Gasteiger partial charge in [-0.25, -0.2) is 9.37 Å². The predicted octanol–water partition coefficient (Wildman–Crippen LogP) is 2.87. The van der Waals surface area contributed by atoms with Gasteiger partial charge in [0.2, 0.25) is 5.91 Å². The molecule has 3 atom stereocenters. The molecule has 0 unspecified atom stereocenters. The first-order valence-electron chi connectivity index (χ1n) is 10.9. The van der Waals surface area contributed by atoms with Gasteiger partial charge in [-0.2, -0.15) is 0 Å². The average Bonchev–Trinajstić information content (AvgIpc) is 3.36. The third-order valence-electron chi connectivity index (χ3n) is 6.55. The SMILES string of the molecule is O=C(CN1C[C@H](c2ccc(F)cc2)[C@H]2COCC[C@H]21)NCCc1nc2ccccc2[nH]1. The quantitative estimate of drug-likeness (QED) is 0.641. The number of carbonyl (C=O) groups is 1. The lowest BCUT2D eigenvalue weighted by Crippen LogP contribution is -2.44. The number of nitrogens with zero attached hydrogens (tertiary/aromatic N) is 2. The zero-order valence-corrected chi connectivity index (χ0v) is 17.4. The molecule has 7 heteroatoms. The number of imidazole rings is 1. The number of hydrogen-bond acceptors (Lipinski definition) is 4. The second kappa shape index (κ2) is 8.77. The molecule has 0 spiro atoms. The molecule has 0 saturated carbocycles. The van der Waals surface area contributed by atoms with Gasteiger partial charge in [-0.1, -0.05) is 24.3 Å². The summed E-state index contributed by atoms with van der Waals surface area (Å²) in [7, 11) is 0. The van der Waals surface area contributed by atoms with E-state index in [1.807, 2.05) is 36.4 Å². The number of amides is 1. The number of hydrogen-bond donors (Lipinski definition) is 2. The number of halogens is 1. The maximum absolute atomic E-state index is 13.4. The number of nitrogens with one attached hydrogen (secondary N) is 2. The number of rotatable bonds is 6. The van der Waals surface area contributed by atoms with Crippen molar-refractivity contribution < 1.29 is 13.9 Å². The van der Waals surface area contributed by atoms with E-state index in [9.17, 15) is 9.18 Å². The number of ether oxygens (including phenoxy) is 1. The van der Waals surface area contributed by atoms with Crippen molar-refractivity contribution in [2.24, 2.45) is 5.92 Å². The number of aromatic amines is 1. The summed E-state index contributed by atoms with van der Waals surface area (Å²) >= 11 is 0. The Hall–Kier alpha value is -2.77. The van der Waals surface area contributed by atoms with E-state index >= 15 is 0 Å². The van der Waals surface area contributed by atoms with E-state index in [2.05, 4.69) is 20.2 Å². The summed E-state index contributed by atoms with van der Waals surface area (Å²) in [6, 6.07) is 15.0. The Kier molecular flexibility index (Phi) is 5.70. The van der Waals surface area contributed by atoms with Crippen molar-refractivity contribution in [3.63, 3.8) is 0 Å². The minimum Gasteiger partial charge on any atom is -0.381 e. The highest BCUT2D eigenvalue weighted by atomic mass is 19.1. The van der Waals surface area contributed by atoms with Crippen LogP contribution in [0.25, 0.3) is 11.0 Å². The Labute approximate surface area is 180 Å². The van der Waals surface area contributed by atoms with Crippen LogP contribution in [0.5, 0.6) is 0 Å². The average molecular weight is 423 g/mol. The molecule has 3 heterocycles. The number of para-hydroxylation sites is 2. The molecule has 0 aliphatic carbocycles. The molecule has 2 saturated heterocycles. The first-order valence-corrected chi connectivity index (χ1v) is 10.9. The number of carbonyl (C=O) groups excluding carboxylic acids is 1. The molecular weight excluding hydrogens is 395 g/mol. The summed E-state index contributed by atoms with van der Waals surface area (Å²) in [5, 5.41) is 3.04. The van der Waals surface area contributed by atoms with Crippen LogP contribution >= 0.6 is 0 Å². The molecule has 1 amide bonds. The van der Waals surface area contributed by atoms with Crippen LogP contribution < -0.4 is 5.32 Å². The highest BCUT2D eigenvalue weighted by molar-refractivity contribution is 5.78. The minimum absolute atomic E-state index is 0.0288. The molecule has 162 valence electrons. The molecule has 2 fully saturated rings. The van der Waals surface area contributed by atoms with Gasteiger partial charge in [-0.05, 0) is 36.2 Å². The number of likely N-dealkylation sites (tertiary alicyclic amines) is 1. The normalized spacial score (nSPS) is 23.7. The molecule has 5 rings (SSSR count). The molecule has 2 aliphatic rings. The lowest BCUT2D eigenvalue weighted by Gasteiger charge is -2.32. The number of aromatic nitrogens is 2. The van der Waals surface area contributed by atoms with Crippen molar-refractivity contribution >= 4 is 16.9 Å². The zero-order valence-electron chi connectivity index (χ0n) is 17.4. The molecule has 3 aromatic rings. The Morgan fingerprint density at radius 2 is 2.06 bits per heavy atom. The monoisotopic (exact) mass is 422 g/mol. The van der Waals surface area contributed by atoms with Crippen molar-refractivity contribution in [3.8, 4) is 0 Å². The van der Waals surface area contributed by atoms with E-state index in [0.29, 0.717) is 38.1 Å². The third-order valence-corrected chi connectivity index (χ3v) is 6.55.